The topological polar surface area (TPSA) is 97.5 Å². The summed E-state index contributed by atoms with van der Waals surface area (Å²) in [6, 6.07) is 5.90. The molecule has 6 nitrogen and oxygen atoms in total. The molecule has 0 aliphatic heterocycles. The van der Waals surface area contributed by atoms with Gasteiger partial charge in [-0.05, 0) is 12.1 Å². The monoisotopic (exact) mass is 227 g/mol. The first-order valence-electron chi connectivity index (χ1n) is 3.86. The first kappa shape index (κ1) is 9.81. The number of nitrogens with zero attached hydrogens (tertiary/aromatic N) is 1. The van der Waals surface area contributed by atoms with E-state index in [-0.39, 0.29) is 11.0 Å². The van der Waals surface area contributed by atoms with Crippen molar-refractivity contribution in [2.75, 3.05) is 0 Å². The minimum absolute atomic E-state index is 0.0603. The Labute approximate surface area is 83.9 Å². The lowest BCUT2D eigenvalue weighted by Gasteiger charge is -1.99. The highest BCUT2D eigenvalue weighted by molar-refractivity contribution is 7.86. The average Bonchev–Trinajstić information content (AvgIpc) is 2.15. The van der Waals surface area contributed by atoms with Gasteiger partial charge in [0.15, 0.2) is 0 Å². The Balaban J connectivity index is 3.02. The highest BCUT2D eigenvalue weighted by Gasteiger charge is 2.17. The van der Waals surface area contributed by atoms with E-state index in [1.165, 1.54) is 12.1 Å². The van der Waals surface area contributed by atoms with Gasteiger partial charge in [0.1, 0.15) is 5.58 Å². The van der Waals surface area contributed by atoms with Crippen molar-refractivity contribution in [2.45, 2.75) is 5.03 Å². The molecular formula is C8H5NO5S. The molecule has 0 atom stereocenters. The first-order valence-corrected chi connectivity index (χ1v) is 5.30. The van der Waals surface area contributed by atoms with Crippen LogP contribution >= 0.6 is 0 Å². The van der Waals surface area contributed by atoms with Gasteiger partial charge in [-0.1, -0.05) is 12.1 Å². The Morgan fingerprint density at radius 2 is 1.93 bits per heavy atom. The summed E-state index contributed by atoms with van der Waals surface area (Å²) in [7, 11) is -4.52. The van der Waals surface area contributed by atoms with Gasteiger partial charge in [-0.2, -0.15) is 13.4 Å². The van der Waals surface area contributed by atoms with Crippen LogP contribution in [0.3, 0.4) is 0 Å². The second-order valence-corrected chi connectivity index (χ2v) is 4.09. The van der Waals surface area contributed by atoms with Crippen molar-refractivity contribution in [3.8, 4) is 0 Å². The minimum atomic E-state index is -4.52. The van der Waals surface area contributed by atoms with Gasteiger partial charge in [0.25, 0.3) is 0 Å². The molecule has 0 saturated carbocycles. The average molecular weight is 227 g/mol. The quantitative estimate of drug-likeness (QED) is 0.709. The van der Waals surface area contributed by atoms with Crippen molar-refractivity contribution in [3.05, 3.63) is 34.8 Å². The van der Waals surface area contributed by atoms with Crippen molar-refractivity contribution in [3.63, 3.8) is 0 Å². The molecular weight excluding hydrogens is 222 g/mol. The van der Waals surface area contributed by atoms with Gasteiger partial charge >= 0.3 is 15.9 Å². The standard InChI is InChI=1S/C8H5NO5S/c10-8-9-7(15(11,12)13)5-3-1-2-4-6(5)14-8/h1-4H,(H,11,12,13). The third-order valence-electron chi connectivity index (χ3n) is 1.75. The van der Waals surface area contributed by atoms with E-state index in [2.05, 4.69) is 9.40 Å². The fourth-order valence-corrected chi connectivity index (χ4v) is 1.83. The van der Waals surface area contributed by atoms with Crippen LogP contribution in [0.4, 0.5) is 0 Å². The molecule has 1 aromatic carbocycles. The van der Waals surface area contributed by atoms with Crippen molar-refractivity contribution < 1.29 is 17.4 Å². The summed E-state index contributed by atoms with van der Waals surface area (Å²) in [4.78, 5) is 14.0. The smallest absolute Gasteiger partial charge is 0.408 e. The fraction of sp³-hybridized carbons (Fsp3) is 0. The van der Waals surface area contributed by atoms with Crippen LogP contribution in [0.5, 0.6) is 0 Å². The molecule has 1 aromatic heterocycles. The lowest BCUT2D eigenvalue weighted by Crippen LogP contribution is -2.12. The van der Waals surface area contributed by atoms with Crippen LogP contribution in [-0.4, -0.2) is 18.0 Å². The molecule has 0 radical (unpaired) electrons. The summed E-state index contributed by atoms with van der Waals surface area (Å²) in [6.45, 7) is 0. The van der Waals surface area contributed by atoms with E-state index in [0.717, 1.165) is 0 Å². The van der Waals surface area contributed by atoms with E-state index in [9.17, 15) is 13.2 Å². The second-order valence-electron chi connectivity index (χ2n) is 2.76. The second kappa shape index (κ2) is 3.14. The van der Waals surface area contributed by atoms with Crippen LogP contribution in [-0.2, 0) is 10.1 Å². The third kappa shape index (κ3) is 1.74. The minimum Gasteiger partial charge on any atom is -0.408 e. The Kier molecular flexibility index (Phi) is 2.06. The normalized spacial score (nSPS) is 11.8. The van der Waals surface area contributed by atoms with Crippen molar-refractivity contribution in [1.29, 1.82) is 0 Å². The molecule has 0 aliphatic carbocycles. The lowest BCUT2D eigenvalue weighted by atomic mass is 10.3. The molecule has 0 aliphatic rings. The van der Waals surface area contributed by atoms with Gasteiger partial charge in [-0.3, -0.25) is 4.55 Å². The summed E-state index contributed by atoms with van der Waals surface area (Å²) in [5.74, 6) is -1.07. The van der Waals surface area contributed by atoms with Crippen LogP contribution in [0.1, 0.15) is 0 Å². The molecule has 2 aromatic rings. The van der Waals surface area contributed by atoms with Crippen LogP contribution in [0.2, 0.25) is 0 Å². The van der Waals surface area contributed by atoms with Gasteiger partial charge in [-0.25, -0.2) is 4.79 Å². The molecule has 2 rings (SSSR count). The van der Waals surface area contributed by atoms with Crippen LogP contribution in [0.15, 0.2) is 38.5 Å². The zero-order valence-electron chi connectivity index (χ0n) is 7.25. The zero-order chi connectivity index (χ0) is 11.1. The molecule has 1 heterocycles. The Bertz CT molecular complexity index is 673. The summed E-state index contributed by atoms with van der Waals surface area (Å²) in [5, 5.41) is -0.617. The maximum absolute atomic E-state index is 10.9. The number of aromatic nitrogens is 1. The number of fused-ring (bicyclic) bond motifs is 1. The Hall–Kier alpha value is -1.73. The van der Waals surface area contributed by atoms with Gasteiger partial charge in [0.05, 0.1) is 5.39 Å². The number of para-hydroxylation sites is 1. The fourth-order valence-electron chi connectivity index (χ4n) is 1.19. The number of rotatable bonds is 1. The summed E-state index contributed by atoms with van der Waals surface area (Å²) in [5.41, 5.74) is 0.0603. The Morgan fingerprint density at radius 3 is 2.60 bits per heavy atom. The molecule has 0 bridgehead atoms. The predicted molar refractivity (Wildman–Crippen MR) is 50.1 cm³/mol. The van der Waals surface area contributed by atoms with Crippen molar-refractivity contribution >= 4 is 21.1 Å². The van der Waals surface area contributed by atoms with Gasteiger partial charge < -0.3 is 4.42 Å². The lowest BCUT2D eigenvalue weighted by molar-refractivity contribution is 0.469. The SMILES string of the molecule is O=c1nc(S(=O)(=O)O)c2ccccc2o1. The number of hydrogen-bond acceptors (Lipinski definition) is 5. The van der Waals surface area contributed by atoms with E-state index in [4.69, 9.17) is 4.55 Å². The number of benzene rings is 1. The highest BCUT2D eigenvalue weighted by atomic mass is 32.2. The largest absolute Gasteiger partial charge is 0.440 e. The maximum atomic E-state index is 10.9. The molecule has 15 heavy (non-hydrogen) atoms. The molecule has 0 amide bonds. The Morgan fingerprint density at radius 1 is 1.27 bits per heavy atom. The molecule has 0 spiro atoms. The zero-order valence-corrected chi connectivity index (χ0v) is 8.06. The molecule has 1 N–H and O–H groups in total. The number of hydrogen-bond donors (Lipinski definition) is 1. The molecule has 0 unspecified atom stereocenters. The van der Waals surface area contributed by atoms with Crippen molar-refractivity contribution in [2.24, 2.45) is 0 Å². The summed E-state index contributed by atoms with van der Waals surface area (Å²) in [6.07, 6.45) is 0. The van der Waals surface area contributed by atoms with Crippen LogP contribution in [0.25, 0.3) is 11.0 Å². The van der Waals surface area contributed by atoms with E-state index < -0.39 is 20.9 Å². The van der Waals surface area contributed by atoms with Crippen molar-refractivity contribution in [1.82, 2.24) is 4.98 Å². The van der Waals surface area contributed by atoms with Crippen LogP contribution in [0, 0.1) is 0 Å². The van der Waals surface area contributed by atoms with E-state index in [1.54, 1.807) is 12.1 Å². The van der Waals surface area contributed by atoms with Crippen LogP contribution < -0.4 is 5.76 Å². The summed E-state index contributed by atoms with van der Waals surface area (Å²) < 4.78 is 35.3. The highest BCUT2D eigenvalue weighted by Crippen LogP contribution is 2.18. The predicted octanol–water partition coefficient (Wildman–Crippen LogP) is 0.435. The van der Waals surface area contributed by atoms with E-state index in [1.807, 2.05) is 0 Å². The summed E-state index contributed by atoms with van der Waals surface area (Å²) >= 11 is 0. The molecule has 0 saturated heterocycles. The van der Waals surface area contributed by atoms with E-state index in [0.29, 0.717) is 0 Å². The van der Waals surface area contributed by atoms with E-state index >= 15 is 0 Å². The maximum Gasteiger partial charge on any atom is 0.440 e. The van der Waals surface area contributed by atoms with Gasteiger partial charge in [0.2, 0.25) is 5.03 Å². The first-order chi connectivity index (χ1) is 6.98. The molecule has 78 valence electrons. The van der Waals surface area contributed by atoms with Gasteiger partial charge in [-0.15, -0.1) is 0 Å². The molecule has 0 fully saturated rings. The van der Waals surface area contributed by atoms with Gasteiger partial charge in [0, 0.05) is 0 Å². The molecule has 7 heteroatoms. The third-order valence-corrected chi connectivity index (χ3v) is 2.55.